The molecule has 0 saturated carbocycles. The van der Waals surface area contributed by atoms with Gasteiger partial charge in [-0.1, -0.05) is 6.07 Å². The van der Waals surface area contributed by atoms with E-state index in [9.17, 15) is 0 Å². The molecule has 0 aliphatic heterocycles. The topological polar surface area (TPSA) is 61.0 Å². The van der Waals surface area contributed by atoms with Crippen molar-refractivity contribution >= 4 is 15.9 Å². The van der Waals surface area contributed by atoms with Gasteiger partial charge in [0.1, 0.15) is 5.75 Å². The molecular formula is C12H12BrN3O. The van der Waals surface area contributed by atoms with Gasteiger partial charge in [-0.15, -0.1) is 5.10 Å². The van der Waals surface area contributed by atoms with Crippen LogP contribution in [0.4, 0.5) is 0 Å². The minimum Gasteiger partial charge on any atom is -0.436 e. The van der Waals surface area contributed by atoms with Crippen LogP contribution in [0.1, 0.15) is 11.1 Å². The molecule has 2 N–H and O–H groups in total. The lowest BCUT2D eigenvalue weighted by molar-refractivity contribution is 0.445. The summed E-state index contributed by atoms with van der Waals surface area (Å²) < 4.78 is 6.57. The predicted molar refractivity (Wildman–Crippen MR) is 68.9 cm³/mol. The summed E-state index contributed by atoms with van der Waals surface area (Å²) in [5, 5.41) is 7.73. The van der Waals surface area contributed by atoms with E-state index < -0.39 is 0 Å². The Bertz CT molecular complexity index is 531. The fourth-order valence-electron chi connectivity index (χ4n) is 1.38. The second kappa shape index (κ2) is 5.25. The number of benzene rings is 1. The fraction of sp³-hybridized carbons (Fsp3) is 0.167. The molecule has 1 aromatic carbocycles. The molecular weight excluding hydrogens is 282 g/mol. The number of nitrogens with zero attached hydrogens (tertiary/aromatic N) is 2. The van der Waals surface area contributed by atoms with Crippen molar-refractivity contribution in [3.63, 3.8) is 0 Å². The van der Waals surface area contributed by atoms with Gasteiger partial charge in [-0.2, -0.15) is 5.10 Å². The van der Waals surface area contributed by atoms with Gasteiger partial charge in [0.15, 0.2) is 0 Å². The lowest BCUT2D eigenvalue weighted by Crippen LogP contribution is -2.02. The second-order valence-corrected chi connectivity index (χ2v) is 4.46. The number of nitrogens with two attached hydrogens (primary N) is 1. The van der Waals surface area contributed by atoms with E-state index in [4.69, 9.17) is 10.5 Å². The molecule has 0 aliphatic rings. The summed E-state index contributed by atoms with van der Waals surface area (Å²) in [6, 6.07) is 7.63. The van der Waals surface area contributed by atoms with Crippen LogP contribution < -0.4 is 10.5 Å². The highest BCUT2D eigenvalue weighted by Gasteiger charge is 2.08. The fourth-order valence-corrected chi connectivity index (χ4v) is 1.95. The summed E-state index contributed by atoms with van der Waals surface area (Å²) in [6.45, 7) is 2.39. The summed E-state index contributed by atoms with van der Waals surface area (Å²) in [7, 11) is 0. The zero-order valence-corrected chi connectivity index (χ0v) is 10.9. The van der Waals surface area contributed by atoms with Gasteiger partial charge in [0, 0.05) is 12.1 Å². The summed E-state index contributed by atoms with van der Waals surface area (Å²) in [4.78, 5) is 0. The van der Waals surface area contributed by atoms with Gasteiger partial charge < -0.3 is 10.5 Å². The molecule has 0 fully saturated rings. The molecule has 5 heteroatoms. The first-order valence-electron chi connectivity index (χ1n) is 5.15. The van der Waals surface area contributed by atoms with E-state index in [1.807, 2.05) is 25.1 Å². The molecule has 0 spiro atoms. The molecule has 2 rings (SSSR count). The van der Waals surface area contributed by atoms with Crippen LogP contribution in [0.15, 0.2) is 34.9 Å². The quantitative estimate of drug-likeness (QED) is 0.945. The lowest BCUT2D eigenvalue weighted by Gasteiger charge is -2.09. The zero-order valence-electron chi connectivity index (χ0n) is 9.35. The van der Waals surface area contributed by atoms with Crippen LogP contribution in [0.25, 0.3) is 0 Å². The van der Waals surface area contributed by atoms with Crippen LogP contribution in [-0.4, -0.2) is 10.2 Å². The summed E-state index contributed by atoms with van der Waals surface area (Å²) in [5.74, 6) is 1.14. The summed E-state index contributed by atoms with van der Waals surface area (Å²) >= 11 is 3.45. The predicted octanol–water partition coefficient (Wildman–Crippen LogP) is 2.80. The van der Waals surface area contributed by atoms with Crippen molar-refractivity contribution in [1.82, 2.24) is 10.2 Å². The number of hydrogen-bond donors (Lipinski definition) is 1. The van der Waals surface area contributed by atoms with Crippen LogP contribution in [0.5, 0.6) is 11.6 Å². The number of aromatic nitrogens is 2. The summed E-state index contributed by atoms with van der Waals surface area (Å²) in [6.07, 6.45) is 1.60. The van der Waals surface area contributed by atoms with Crippen LogP contribution in [0, 0.1) is 6.92 Å². The van der Waals surface area contributed by atoms with Crippen LogP contribution in [-0.2, 0) is 6.54 Å². The van der Waals surface area contributed by atoms with Gasteiger partial charge in [0.2, 0.25) is 5.88 Å². The molecule has 0 atom stereocenters. The Kier molecular flexibility index (Phi) is 3.71. The minimum absolute atomic E-state index is 0.369. The first-order chi connectivity index (χ1) is 8.20. The Morgan fingerprint density at radius 1 is 1.35 bits per heavy atom. The Morgan fingerprint density at radius 3 is 2.88 bits per heavy atom. The Morgan fingerprint density at radius 2 is 2.18 bits per heavy atom. The zero-order chi connectivity index (χ0) is 12.3. The van der Waals surface area contributed by atoms with Crippen molar-refractivity contribution in [2.75, 3.05) is 0 Å². The number of rotatable bonds is 3. The molecule has 1 heterocycles. The van der Waals surface area contributed by atoms with E-state index in [0.717, 1.165) is 15.6 Å². The Labute approximate surface area is 108 Å². The van der Waals surface area contributed by atoms with E-state index in [1.54, 1.807) is 12.3 Å². The van der Waals surface area contributed by atoms with E-state index in [-0.39, 0.29) is 0 Å². The highest BCUT2D eigenvalue weighted by atomic mass is 79.9. The molecule has 2 aromatic rings. The van der Waals surface area contributed by atoms with E-state index in [1.165, 1.54) is 0 Å². The van der Waals surface area contributed by atoms with Crippen molar-refractivity contribution in [2.45, 2.75) is 13.5 Å². The molecule has 88 valence electrons. The maximum absolute atomic E-state index is 5.69. The monoisotopic (exact) mass is 293 g/mol. The van der Waals surface area contributed by atoms with E-state index >= 15 is 0 Å². The molecule has 4 nitrogen and oxygen atoms in total. The molecule has 0 unspecified atom stereocenters. The first kappa shape index (κ1) is 12.0. The third kappa shape index (κ3) is 2.81. The van der Waals surface area contributed by atoms with Gasteiger partial charge >= 0.3 is 0 Å². The number of ether oxygens (including phenoxy) is 1. The normalized spacial score (nSPS) is 10.3. The van der Waals surface area contributed by atoms with Crippen molar-refractivity contribution in [2.24, 2.45) is 5.73 Å². The van der Waals surface area contributed by atoms with Crippen molar-refractivity contribution < 1.29 is 4.74 Å². The van der Waals surface area contributed by atoms with E-state index in [2.05, 4.69) is 26.1 Å². The average Bonchev–Trinajstić information content (AvgIpc) is 2.33. The molecule has 0 aliphatic carbocycles. The second-order valence-electron chi connectivity index (χ2n) is 3.60. The molecule has 0 bridgehead atoms. The molecule has 0 amide bonds. The maximum atomic E-state index is 5.69. The third-order valence-electron chi connectivity index (χ3n) is 2.28. The first-order valence-corrected chi connectivity index (χ1v) is 5.94. The largest absolute Gasteiger partial charge is 0.436 e. The number of halogens is 1. The van der Waals surface area contributed by atoms with Gasteiger partial charge in [0.25, 0.3) is 0 Å². The molecule has 17 heavy (non-hydrogen) atoms. The average molecular weight is 294 g/mol. The number of aryl methyl sites for hydroxylation is 1. The standard InChI is InChI=1S/C12H12BrN3O/c1-8-2-3-11(10(13)6-8)17-12-9(7-14)4-5-15-16-12/h2-6H,7,14H2,1H3. The molecule has 1 aromatic heterocycles. The van der Waals surface area contributed by atoms with Crippen molar-refractivity contribution in [3.8, 4) is 11.6 Å². The van der Waals surface area contributed by atoms with Crippen LogP contribution in [0.2, 0.25) is 0 Å². The third-order valence-corrected chi connectivity index (χ3v) is 2.90. The SMILES string of the molecule is Cc1ccc(Oc2nnccc2CN)c(Br)c1. The van der Waals surface area contributed by atoms with Gasteiger partial charge in [-0.25, -0.2) is 0 Å². The highest BCUT2D eigenvalue weighted by molar-refractivity contribution is 9.10. The van der Waals surface area contributed by atoms with Crippen molar-refractivity contribution in [3.05, 3.63) is 46.1 Å². The minimum atomic E-state index is 0.369. The Balaban J connectivity index is 2.31. The summed E-state index contributed by atoms with van der Waals surface area (Å²) in [5.41, 5.74) is 7.59. The smallest absolute Gasteiger partial charge is 0.243 e. The Hall–Kier alpha value is -1.46. The van der Waals surface area contributed by atoms with Crippen molar-refractivity contribution in [1.29, 1.82) is 0 Å². The van der Waals surface area contributed by atoms with E-state index in [0.29, 0.717) is 18.2 Å². The highest BCUT2D eigenvalue weighted by Crippen LogP contribution is 2.30. The molecule has 0 radical (unpaired) electrons. The van der Waals surface area contributed by atoms with Gasteiger partial charge in [-0.05, 0) is 46.6 Å². The van der Waals surface area contributed by atoms with Gasteiger partial charge in [-0.3, -0.25) is 0 Å². The number of hydrogen-bond acceptors (Lipinski definition) is 4. The lowest BCUT2D eigenvalue weighted by atomic mass is 10.2. The molecule has 0 saturated heterocycles. The van der Waals surface area contributed by atoms with Crippen LogP contribution >= 0.6 is 15.9 Å². The maximum Gasteiger partial charge on any atom is 0.243 e. The van der Waals surface area contributed by atoms with Crippen LogP contribution in [0.3, 0.4) is 0 Å². The van der Waals surface area contributed by atoms with Gasteiger partial charge in [0.05, 0.1) is 10.7 Å².